The molecular formula is C60H68N20O22S2Tc2. The summed E-state index contributed by atoms with van der Waals surface area (Å²) in [7, 11) is 0. The number of hydrogen-bond acceptors (Lipinski definition) is 28. The Morgan fingerprint density at radius 2 is 0.868 bits per heavy atom. The van der Waals surface area contributed by atoms with Crippen LogP contribution in [0.25, 0.3) is 55.1 Å². The van der Waals surface area contributed by atoms with Crippen molar-refractivity contribution in [1.82, 2.24) is 50.5 Å². The summed E-state index contributed by atoms with van der Waals surface area (Å²) in [5.74, 6) is -15.0. The molecular weight excluding hydrogens is 1610 g/mol. The van der Waals surface area contributed by atoms with Gasteiger partial charge in [-0.2, -0.15) is 21.5 Å². The van der Waals surface area contributed by atoms with Crippen molar-refractivity contribution in [3.63, 3.8) is 0 Å². The molecule has 4 heterocycles. The quantitative estimate of drug-likeness (QED) is 0.0234. The van der Waals surface area contributed by atoms with Gasteiger partial charge in [0.05, 0.1) is 36.9 Å². The van der Waals surface area contributed by atoms with E-state index in [1.807, 2.05) is 0 Å². The average Bonchev–Trinajstić information content (AvgIpc) is 0.815. The second-order valence-electron chi connectivity index (χ2n) is 22.0. The van der Waals surface area contributed by atoms with E-state index in [0.29, 0.717) is 22.8 Å². The molecule has 6 aromatic rings. The molecule has 0 saturated carbocycles. The fourth-order valence-electron chi connectivity index (χ4n) is 8.63. The maximum atomic E-state index is 12.8. The number of aromatic nitrogens is 8. The molecule has 6 rings (SSSR count). The van der Waals surface area contributed by atoms with Crippen LogP contribution in [-0.2, 0) is 134 Å². The molecule has 0 aliphatic carbocycles. The summed E-state index contributed by atoms with van der Waals surface area (Å²) in [6.07, 6.45) is -1.59. The van der Waals surface area contributed by atoms with Crippen LogP contribution in [0.15, 0.2) is 70.5 Å². The second kappa shape index (κ2) is 45.5. The molecule has 2 aromatic carbocycles. The van der Waals surface area contributed by atoms with Crippen LogP contribution in [0, 0.1) is 0 Å². The van der Waals surface area contributed by atoms with Gasteiger partial charge in [-0.15, -0.1) is 6.04 Å². The normalized spacial score (nSPS) is 12.8. The van der Waals surface area contributed by atoms with Gasteiger partial charge in [0, 0.05) is 84.7 Å². The van der Waals surface area contributed by atoms with Crippen LogP contribution in [0.3, 0.4) is 0 Å². The van der Waals surface area contributed by atoms with E-state index < -0.39 is 161 Å². The molecule has 0 saturated heterocycles. The third kappa shape index (κ3) is 30.5. The molecule has 0 aliphatic heterocycles. The summed E-state index contributed by atoms with van der Waals surface area (Å²) in [4.78, 5) is 210. The zero-order valence-electron chi connectivity index (χ0n) is 55.3. The number of nitrogen functional groups attached to an aromatic ring is 2. The van der Waals surface area contributed by atoms with E-state index >= 15 is 0 Å². The number of fused-ring (bicyclic) bond motifs is 2. The predicted molar refractivity (Wildman–Crippen MR) is 368 cm³/mol. The Hall–Kier alpha value is -10.7. The van der Waals surface area contributed by atoms with Crippen LogP contribution < -0.4 is 43.9 Å². The van der Waals surface area contributed by atoms with Crippen LogP contribution in [0.5, 0.6) is 0 Å². The van der Waals surface area contributed by atoms with E-state index in [0.717, 1.165) is 18.9 Å². The van der Waals surface area contributed by atoms with E-state index in [4.69, 9.17) is 54.4 Å². The van der Waals surface area contributed by atoms with Gasteiger partial charge in [-0.1, -0.05) is 43.9 Å². The third-order valence-electron chi connectivity index (χ3n) is 14.1. The molecule has 0 spiro atoms. The molecule has 566 valence electrons. The molecule has 0 bridgehead atoms. The van der Waals surface area contributed by atoms with Gasteiger partial charge in [-0.05, 0) is 67.4 Å². The molecule has 19 N–H and O–H groups in total. The number of benzene rings is 2. The molecule has 4 aromatic heterocycles. The number of carbonyl (C=O) groups excluding carboxylic acids is 8. The molecule has 0 fully saturated rings. The Labute approximate surface area is 633 Å². The molecule has 42 nitrogen and oxygen atoms in total. The summed E-state index contributed by atoms with van der Waals surface area (Å²) in [5.41, 5.74) is 28.3. The van der Waals surface area contributed by atoms with Crippen molar-refractivity contribution in [1.29, 1.82) is 0 Å². The van der Waals surface area contributed by atoms with Crippen LogP contribution in [0.4, 0.5) is 23.3 Å². The van der Waals surface area contributed by atoms with Gasteiger partial charge in [-0.25, -0.2) is 29.5 Å². The second-order valence-corrected chi connectivity index (χ2v) is 22.7. The van der Waals surface area contributed by atoms with Gasteiger partial charge >= 0.3 is 66.3 Å². The Balaban J connectivity index is 0.000000691. The number of H-pyrrole nitrogens is 2. The van der Waals surface area contributed by atoms with Crippen molar-refractivity contribution in [2.45, 2.75) is 133 Å². The van der Waals surface area contributed by atoms with Gasteiger partial charge in [-0.3, -0.25) is 53.1 Å². The Morgan fingerprint density at radius 1 is 0.519 bits per heavy atom. The van der Waals surface area contributed by atoms with Crippen molar-refractivity contribution in [3.8, 4) is 0 Å². The number of hydrogen-bond donors (Lipinski definition) is 13. The van der Waals surface area contributed by atoms with Crippen LogP contribution in [0.2, 0.25) is 0 Å². The summed E-state index contributed by atoms with van der Waals surface area (Å²) in [6.45, 7) is 1.87. The molecule has 6 amide bonds. The number of anilines is 4. The molecule has 106 heavy (non-hydrogen) atoms. The zero-order chi connectivity index (χ0) is 77.5. The van der Waals surface area contributed by atoms with E-state index in [-0.39, 0.29) is 135 Å². The van der Waals surface area contributed by atoms with Crippen LogP contribution in [-0.4, -0.2) is 208 Å². The predicted octanol–water partition coefficient (Wildman–Crippen LogP) is 0.556. The van der Waals surface area contributed by atoms with E-state index in [1.54, 1.807) is 24.3 Å². The number of nitrogens with zero attached hydrogens (tertiary/aromatic N) is 10. The molecule has 46 heteroatoms. The summed E-state index contributed by atoms with van der Waals surface area (Å²) < 4.78 is 8.22. The SMILES string of the molecule is C[C@H](C[S-])[N-]C(=O)[C@H](CC(=O)O)[N-]C(=O)[C@@H]([NH-])CCC(=O)CC[C@@H](NC(=O)c1ccc(NCc2cnc3nc(N)[nH]c(=O)c3n2)cc1)C(=O)O.O.[99Tc+4].[NH-][C@@H](CCC(=O)CC[C@@H](NC(=O)c1ccc(NCc2cnc3nc(N)[nH]c(=O)c3n2)cc1)C(=O)O)C(=O)[N-][C@@H](CC(=O)O)C(=O)[N-][C@@H](C[S-])C(=O)O.[O]=[99Tc+4]. The standard InChI is InChI=1S/C30H35N10O11S.C30H37N10O9S.H2O.O.2Tc/c31-17(25(45)37-19(9-21(42)43)26(46)38-20(12-52)29(50)51)7-5-16(41)6-8-18(28(48)49)36-24(44)13-1-3-14(4-2-13)33-10-15-11-34-23-22(35-15)27(47)40-30(32)39-23;1-14(13-50)35-27(46)21(10-22(42)43)38-26(45)19(31)8-6-18(41)7-9-20(29(48)49)37-25(44)15-2-4-16(5-3-15)33-11-17-12-34-24-23(36-17)28(47)40-30(32)39-24;;;;/h1-4,11,17-20,31H,5-10,12H2,(H11,32,33,34,36,37,38,39,40,42,43,44,45,46,47,48,49,50,51,52);2-5,12,14,19-21,31H,6-11,13H2,1H3,(H10,32,33,34,35,37,38,39,40,42,43,44,45,46,47,48,49,50);1H2;;;/q2*-1;;;2*+4/p-6/t17-,18+,19-,20-;14-,19+,20-,21+;;;;/m01..../s1/i;;;;2*1+1. The number of Topliss-reactive ketones (excluding diaryl/α,β-unsaturated/α-hetero) is 2. The number of nitrogens with one attached hydrogen (secondary N) is 8. The summed E-state index contributed by atoms with van der Waals surface area (Å²) in [5, 5.41) is 71.1. The Morgan fingerprint density at radius 3 is 1.20 bits per heavy atom. The molecule has 0 aliphatic rings. The number of carboxylic acid groups (broad SMARTS) is 5. The first-order valence-electron chi connectivity index (χ1n) is 30.4. The minimum absolute atomic E-state index is 0. The van der Waals surface area contributed by atoms with E-state index in [9.17, 15) is 82.1 Å². The number of ketones is 2. The van der Waals surface area contributed by atoms with Crippen LogP contribution in [0.1, 0.15) is 103 Å². The number of carbonyl (C=O) groups is 13. The number of carboxylic acids is 5. The fraction of sp³-hybridized carbons (Fsp3) is 0.383. The summed E-state index contributed by atoms with van der Waals surface area (Å²) >= 11 is 10.3. The number of aliphatic carboxylic acids is 5. The van der Waals surface area contributed by atoms with Gasteiger partial charge in [0.1, 0.15) is 23.7 Å². The van der Waals surface area contributed by atoms with E-state index in [2.05, 4.69) is 95.0 Å². The fourth-order valence-corrected chi connectivity index (χ4v) is 8.92. The number of aromatic amines is 2. The molecule has 8 atom stereocenters. The van der Waals surface area contributed by atoms with Crippen molar-refractivity contribution >= 4 is 148 Å². The van der Waals surface area contributed by atoms with Gasteiger partial charge in [0.2, 0.25) is 11.9 Å². The third-order valence-corrected chi connectivity index (χ3v) is 14.8. The first kappa shape index (κ1) is 91.4. The molecule has 0 unspecified atom stereocenters. The van der Waals surface area contributed by atoms with Crippen LogP contribution >= 0.6 is 0 Å². The minimum atomic E-state index is -1.90. The number of nitrogens with two attached hydrogens (primary N) is 2. The Bertz CT molecular complexity index is 4240. The zero-order valence-corrected chi connectivity index (χ0v) is 60.6. The summed E-state index contributed by atoms with van der Waals surface area (Å²) in [6, 6.07) is 0.0395. The monoisotopic (exact) mass is 1680 g/mol. The maximum absolute atomic E-state index is 12.8. The topological polar surface area (TPSA) is 719 Å². The first-order valence-corrected chi connectivity index (χ1v) is 32.4. The Kier molecular flexibility index (Phi) is 39.2. The van der Waals surface area contributed by atoms with Crippen molar-refractivity contribution in [2.75, 3.05) is 33.6 Å². The van der Waals surface area contributed by atoms with Crippen molar-refractivity contribution < 1.29 is 136 Å². The van der Waals surface area contributed by atoms with E-state index in [1.165, 1.54) is 43.6 Å². The van der Waals surface area contributed by atoms with Crippen molar-refractivity contribution in [2.24, 2.45) is 0 Å². The van der Waals surface area contributed by atoms with Gasteiger partial charge in [0.15, 0.2) is 22.3 Å². The van der Waals surface area contributed by atoms with Gasteiger partial charge < -0.3 is 141 Å². The first-order chi connectivity index (χ1) is 49.2. The average molecular weight is 1680 g/mol. The molecule has 1 radical (unpaired) electrons. The van der Waals surface area contributed by atoms with Gasteiger partial charge in [0.25, 0.3) is 28.9 Å². The number of amides is 6. The number of rotatable bonds is 39. The van der Waals surface area contributed by atoms with Crippen molar-refractivity contribution in [3.05, 3.63) is 137 Å².